The van der Waals surface area contributed by atoms with Gasteiger partial charge in [-0.3, -0.25) is 4.99 Å². The lowest BCUT2D eigenvalue weighted by molar-refractivity contribution is -0.137. The van der Waals surface area contributed by atoms with Gasteiger partial charge in [-0.25, -0.2) is 0 Å². The third kappa shape index (κ3) is 3.10. The minimum atomic E-state index is -4.31. The van der Waals surface area contributed by atoms with Crippen molar-refractivity contribution in [2.75, 3.05) is 19.6 Å². The molecule has 3 rings (SSSR count). The number of halogens is 3. The molecule has 1 atom stereocenters. The van der Waals surface area contributed by atoms with E-state index in [0.29, 0.717) is 18.7 Å². The fourth-order valence-electron chi connectivity index (χ4n) is 2.54. The van der Waals surface area contributed by atoms with Gasteiger partial charge in [0.05, 0.1) is 18.2 Å². The molecule has 0 aromatic heterocycles. The van der Waals surface area contributed by atoms with E-state index in [2.05, 4.69) is 15.6 Å². The van der Waals surface area contributed by atoms with Crippen molar-refractivity contribution in [3.63, 3.8) is 0 Å². The van der Waals surface area contributed by atoms with Crippen LogP contribution in [0.3, 0.4) is 0 Å². The number of aliphatic imine (C=N–C) groups is 1. The van der Waals surface area contributed by atoms with Crippen molar-refractivity contribution in [2.45, 2.75) is 18.6 Å². The Labute approximate surface area is 121 Å². The Morgan fingerprint density at radius 2 is 2.14 bits per heavy atom. The van der Waals surface area contributed by atoms with Gasteiger partial charge < -0.3 is 10.6 Å². The molecule has 0 amide bonds. The van der Waals surface area contributed by atoms with E-state index in [1.54, 1.807) is 6.07 Å². The minimum absolute atomic E-state index is 0.193. The lowest BCUT2D eigenvalue weighted by Crippen LogP contribution is -2.26. The van der Waals surface area contributed by atoms with Crippen LogP contribution in [-0.2, 0) is 6.18 Å². The maximum absolute atomic E-state index is 12.8. The molecule has 0 spiro atoms. The van der Waals surface area contributed by atoms with E-state index in [4.69, 9.17) is 0 Å². The quantitative estimate of drug-likeness (QED) is 0.891. The van der Waals surface area contributed by atoms with Crippen LogP contribution >= 0.6 is 0 Å². The van der Waals surface area contributed by atoms with Gasteiger partial charge in [0.2, 0.25) is 0 Å². The van der Waals surface area contributed by atoms with Gasteiger partial charge in [-0.2, -0.15) is 13.2 Å². The molecular formula is C15H15F3N3-. The van der Waals surface area contributed by atoms with Crippen LogP contribution in [0.2, 0.25) is 0 Å². The molecule has 1 N–H and O–H groups in total. The normalized spacial score (nSPS) is 22.5. The molecule has 2 aliphatic rings. The van der Waals surface area contributed by atoms with Crippen LogP contribution in [0.25, 0.3) is 5.32 Å². The van der Waals surface area contributed by atoms with Crippen molar-refractivity contribution in [1.29, 1.82) is 0 Å². The Bertz CT molecular complexity index is 590. The predicted molar refractivity (Wildman–Crippen MR) is 75.4 cm³/mol. The van der Waals surface area contributed by atoms with Crippen LogP contribution in [0.5, 0.6) is 0 Å². The van der Waals surface area contributed by atoms with Gasteiger partial charge in [-0.05, 0) is 29.7 Å². The van der Waals surface area contributed by atoms with E-state index < -0.39 is 11.7 Å². The zero-order chi connectivity index (χ0) is 14.9. The fraction of sp³-hybridized carbons (Fsp3) is 0.400. The van der Waals surface area contributed by atoms with Gasteiger partial charge in [0, 0.05) is 0 Å². The van der Waals surface area contributed by atoms with Gasteiger partial charge in [0.15, 0.2) is 0 Å². The summed E-state index contributed by atoms with van der Waals surface area (Å²) >= 11 is 0. The first kappa shape index (κ1) is 14.1. The van der Waals surface area contributed by atoms with Crippen LogP contribution in [0.4, 0.5) is 13.2 Å². The van der Waals surface area contributed by atoms with Crippen molar-refractivity contribution in [2.24, 2.45) is 4.99 Å². The average Bonchev–Trinajstić information content (AvgIpc) is 2.97. The number of alkyl halides is 3. The Hall–Kier alpha value is -1.82. The summed E-state index contributed by atoms with van der Waals surface area (Å²) in [6, 6.07) is 5.24. The molecule has 0 fully saturated rings. The largest absolute Gasteiger partial charge is 0.659 e. The van der Waals surface area contributed by atoms with Crippen LogP contribution in [0, 0.1) is 0 Å². The highest BCUT2D eigenvalue weighted by Crippen LogP contribution is 2.31. The highest BCUT2D eigenvalue weighted by atomic mass is 19.4. The summed E-state index contributed by atoms with van der Waals surface area (Å²) < 4.78 is 38.3. The highest BCUT2D eigenvalue weighted by Gasteiger charge is 2.31. The standard InChI is InChI=1S/C15H15F3N3/c16-15(17,18)12-3-1-2-11(8-12)13-9-20-14(21-13)10-4-6-19-7-5-10/h1-4,8,13H,5-7,9H2,(H,20,21)/q-1. The van der Waals surface area contributed by atoms with Crippen molar-refractivity contribution < 1.29 is 13.2 Å². The third-order valence-electron chi connectivity index (χ3n) is 3.67. The van der Waals surface area contributed by atoms with E-state index in [9.17, 15) is 13.2 Å². The second kappa shape index (κ2) is 5.52. The monoisotopic (exact) mass is 294 g/mol. The molecule has 0 saturated carbocycles. The number of nitrogens with zero attached hydrogens (tertiary/aromatic N) is 2. The van der Waals surface area contributed by atoms with Gasteiger partial charge in [-0.15, -0.1) is 13.1 Å². The van der Waals surface area contributed by atoms with Gasteiger partial charge >= 0.3 is 6.18 Å². The van der Waals surface area contributed by atoms with E-state index in [0.717, 1.165) is 30.4 Å². The maximum atomic E-state index is 12.8. The smallest absolute Gasteiger partial charge is 0.416 e. The molecule has 0 aliphatic carbocycles. The second-order valence-electron chi connectivity index (χ2n) is 5.12. The lowest BCUT2D eigenvalue weighted by atomic mass is 10.0. The molecule has 0 bridgehead atoms. The van der Waals surface area contributed by atoms with E-state index in [-0.39, 0.29) is 6.04 Å². The van der Waals surface area contributed by atoms with Gasteiger partial charge in [-0.1, -0.05) is 18.2 Å². The van der Waals surface area contributed by atoms with Gasteiger partial charge in [0.1, 0.15) is 5.84 Å². The van der Waals surface area contributed by atoms with E-state index in [1.807, 2.05) is 6.08 Å². The Morgan fingerprint density at radius 1 is 1.29 bits per heavy atom. The molecule has 1 aromatic rings. The summed E-state index contributed by atoms with van der Waals surface area (Å²) in [6.07, 6.45) is -1.46. The topological polar surface area (TPSA) is 38.5 Å². The Balaban J connectivity index is 1.74. The number of nitrogens with one attached hydrogen (secondary N) is 1. The molecule has 3 nitrogen and oxygen atoms in total. The number of benzene rings is 1. The molecule has 21 heavy (non-hydrogen) atoms. The molecule has 2 heterocycles. The maximum Gasteiger partial charge on any atom is 0.416 e. The van der Waals surface area contributed by atoms with E-state index in [1.165, 1.54) is 12.1 Å². The number of rotatable bonds is 2. The van der Waals surface area contributed by atoms with Crippen LogP contribution in [0.1, 0.15) is 23.6 Å². The zero-order valence-electron chi connectivity index (χ0n) is 11.3. The molecule has 0 radical (unpaired) electrons. The minimum Gasteiger partial charge on any atom is -0.659 e. The number of amidine groups is 1. The first-order valence-corrected chi connectivity index (χ1v) is 6.85. The molecule has 6 heteroatoms. The second-order valence-corrected chi connectivity index (χ2v) is 5.12. The van der Waals surface area contributed by atoms with Crippen molar-refractivity contribution in [3.8, 4) is 0 Å². The molecular weight excluding hydrogens is 279 g/mol. The molecule has 0 saturated heterocycles. The highest BCUT2D eigenvalue weighted by molar-refractivity contribution is 6.00. The number of hydrogen-bond donors (Lipinski definition) is 1. The molecule has 1 unspecified atom stereocenters. The summed E-state index contributed by atoms with van der Waals surface area (Å²) in [5.41, 5.74) is 1.11. The number of hydrogen-bond acceptors (Lipinski definition) is 2. The van der Waals surface area contributed by atoms with Crippen molar-refractivity contribution >= 4 is 5.84 Å². The van der Waals surface area contributed by atoms with Crippen molar-refractivity contribution in [3.05, 3.63) is 52.4 Å². The molecule has 2 aliphatic heterocycles. The summed E-state index contributed by atoms with van der Waals surface area (Å²) in [5.74, 6) is 0.798. The van der Waals surface area contributed by atoms with Crippen LogP contribution < -0.4 is 5.32 Å². The van der Waals surface area contributed by atoms with Crippen molar-refractivity contribution in [1.82, 2.24) is 5.32 Å². The predicted octanol–water partition coefficient (Wildman–Crippen LogP) is 3.45. The summed E-state index contributed by atoms with van der Waals surface area (Å²) in [5, 5.41) is 7.46. The van der Waals surface area contributed by atoms with Crippen LogP contribution in [-0.4, -0.2) is 25.5 Å². The SMILES string of the molecule is FC(F)(F)c1cccc(C2CN=C(C3=CC[N-]CC3)N2)c1. The Morgan fingerprint density at radius 3 is 2.86 bits per heavy atom. The van der Waals surface area contributed by atoms with E-state index >= 15 is 0 Å². The average molecular weight is 294 g/mol. The molecule has 1 aromatic carbocycles. The Kier molecular flexibility index (Phi) is 3.71. The summed E-state index contributed by atoms with van der Waals surface area (Å²) in [6.45, 7) is 1.93. The zero-order valence-corrected chi connectivity index (χ0v) is 11.3. The first-order valence-electron chi connectivity index (χ1n) is 6.85. The molecule has 112 valence electrons. The van der Waals surface area contributed by atoms with Gasteiger partial charge in [0.25, 0.3) is 0 Å². The summed E-state index contributed by atoms with van der Waals surface area (Å²) in [4.78, 5) is 4.42. The first-order chi connectivity index (χ1) is 10.0. The summed E-state index contributed by atoms with van der Waals surface area (Å²) in [7, 11) is 0. The van der Waals surface area contributed by atoms with Crippen LogP contribution in [0.15, 0.2) is 40.9 Å². The fourth-order valence-corrected chi connectivity index (χ4v) is 2.54. The lowest BCUT2D eigenvalue weighted by Gasteiger charge is -2.25. The third-order valence-corrected chi connectivity index (χ3v) is 3.67.